The van der Waals surface area contributed by atoms with Crippen LogP contribution in [0.1, 0.15) is 50.8 Å². The Morgan fingerprint density at radius 3 is 2.58 bits per heavy atom. The lowest BCUT2D eigenvalue weighted by molar-refractivity contribution is -0.118. The van der Waals surface area contributed by atoms with E-state index in [1.54, 1.807) is 23.1 Å². The summed E-state index contributed by atoms with van der Waals surface area (Å²) in [4.78, 5) is 28.1. The maximum atomic E-state index is 13.5. The molecule has 1 heterocycles. The van der Waals surface area contributed by atoms with Crippen molar-refractivity contribution in [2.75, 3.05) is 10.2 Å². The number of nitrogens with two attached hydrogens (primary N) is 1. The van der Waals surface area contributed by atoms with Gasteiger partial charge in [0.2, 0.25) is 5.91 Å². The van der Waals surface area contributed by atoms with Crippen molar-refractivity contribution < 1.29 is 9.59 Å². The Balaban J connectivity index is 2.04. The van der Waals surface area contributed by atoms with Gasteiger partial charge in [0.25, 0.3) is 0 Å². The molecule has 0 spiro atoms. The molecule has 0 saturated carbocycles. The molecule has 1 aliphatic heterocycles. The molecule has 1 aliphatic carbocycles. The summed E-state index contributed by atoms with van der Waals surface area (Å²) >= 11 is 12.7. The number of hydrogen-bond acceptors (Lipinski definition) is 4. The van der Waals surface area contributed by atoms with Gasteiger partial charge in [-0.25, -0.2) is 0 Å². The van der Waals surface area contributed by atoms with Crippen molar-refractivity contribution in [1.82, 2.24) is 0 Å². The lowest BCUT2D eigenvalue weighted by atomic mass is 9.73. The Bertz CT molecular complexity index is 1120. The standard InChI is InChI=1S/C24H25Cl2N3O2/c1-13(30)29-20-7-4-14(12-27)8-18(20)28-19-10-24(2,3)11-21(31)22(19)23(29)16-6-5-15(25)9-17(16)26/h4-9,23,28H,10-12,27H2,1-3H3. The molecule has 1 amide bonds. The number of carbonyl (C=O) groups is 2. The van der Waals surface area contributed by atoms with Gasteiger partial charge in [0.15, 0.2) is 5.78 Å². The zero-order valence-electron chi connectivity index (χ0n) is 17.8. The minimum Gasteiger partial charge on any atom is -0.357 e. The Morgan fingerprint density at radius 2 is 1.94 bits per heavy atom. The molecule has 4 rings (SSSR count). The lowest BCUT2D eigenvalue weighted by Crippen LogP contribution is -2.38. The van der Waals surface area contributed by atoms with E-state index in [-0.39, 0.29) is 17.1 Å². The predicted molar refractivity (Wildman–Crippen MR) is 125 cm³/mol. The summed E-state index contributed by atoms with van der Waals surface area (Å²) in [5, 5.41) is 4.38. The van der Waals surface area contributed by atoms with E-state index < -0.39 is 6.04 Å². The molecule has 1 atom stereocenters. The number of nitrogens with one attached hydrogen (secondary N) is 1. The molecule has 1 unspecified atom stereocenters. The molecule has 0 aromatic heterocycles. The highest BCUT2D eigenvalue weighted by Gasteiger charge is 2.43. The molecule has 0 radical (unpaired) electrons. The Hall–Kier alpha value is -2.34. The van der Waals surface area contributed by atoms with Crippen molar-refractivity contribution in [2.24, 2.45) is 11.1 Å². The van der Waals surface area contributed by atoms with Gasteiger partial charge in [-0.05, 0) is 47.2 Å². The fraction of sp³-hybridized carbons (Fsp3) is 0.333. The van der Waals surface area contributed by atoms with Crippen molar-refractivity contribution in [1.29, 1.82) is 0 Å². The van der Waals surface area contributed by atoms with Gasteiger partial charge in [-0.3, -0.25) is 14.5 Å². The molecule has 2 aromatic carbocycles. The van der Waals surface area contributed by atoms with Crippen LogP contribution in [-0.2, 0) is 16.1 Å². The number of allylic oxidation sites excluding steroid dienone is 1. The third-order valence-corrected chi connectivity index (χ3v) is 6.45. The van der Waals surface area contributed by atoms with Gasteiger partial charge in [0.05, 0.1) is 17.4 Å². The minimum absolute atomic E-state index is 0.00729. The largest absolute Gasteiger partial charge is 0.357 e. The molecule has 162 valence electrons. The van der Waals surface area contributed by atoms with E-state index in [1.807, 2.05) is 18.2 Å². The quantitative estimate of drug-likeness (QED) is 0.613. The number of benzene rings is 2. The molecule has 3 N–H and O–H groups in total. The van der Waals surface area contributed by atoms with Crippen LogP contribution in [0, 0.1) is 5.41 Å². The number of fused-ring (bicyclic) bond motifs is 1. The van der Waals surface area contributed by atoms with Crippen molar-refractivity contribution in [3.05, 3.63) is 68.8 Å². The highest BCUT2D eigenvalue weighted by Crippen LogP contribution is 2.49. The molecule has 5 nitrogen and oxygen atoms in total. The van der Waals surface area contributed by atoms with Crippen LogP contribution in [0.15, 0.2) is 47.7 Å². The average Bonchev–Trinajstić information content (AvgIpc) is 2.80. The molecule has 2 aliphatic rings. The third kappa shape index (κ3) is 3.98. The SMILES string of the molecule is CC(=O)N1c2ccc(CN)cc2NC2=C(C(=O)CC(C)(C)C2)C1c1ccc(Cl)cc1Cl. The molecule has 7 heteroatoms. The van der Waals surface area contributed by atoms with Gasteiger partial charge in [0.1, 0.15) is 0 Å². The van der Waals surface area contributed by atoms with Gasteiger partial charge in [0, 0.05) is 41.2 Å². The first-order valence-electron chi connectivity index (χ1n) is 10.2. The number of Topliss-reactive ketones (excluding diaryl/α,β-unsaturated/α-hetero) is 1. The van der Waals surface area contributed by atoms with Gasteiger partial charge in [-0.1, -0.05) is 49.2 Å². The van der Waals surface area contributed by atoms with Gasteiger partial charge < -0.3 is 11.1 Å². The van der Waals surface area contributed by atoms with E-state index in [0.717, 1.165) is 16.9 Å². The van der Waals surface area contributed by atoms with Crippen LogP contribution in [0.2, 0.25) is 10.0 Å². The van der Waals surface area contributed by atoms with Crippen molar-refractivity contribution >= 4 is 46.3 Å². The van der Waals surface area contributed by atoms with Crippen LogP contribution in [0.4, 0.5) is 11.4 Å². The maximum Gasteiger partial charge on any atom is 0.224 e. The van der Waals surface area contributed by atoms with Crippen LogP contribution in [-0.4, -0.2) is 11.7 Å². The second kappa shape index (κ2) is 7.97. The summed E-state index contributed by atoms with van der Waals surface area (Å²) < 4.78 is 0. The lowest BCUT2D eigenvalue weighted by Gasteiger charge is -2.37. The molecule has 0 saturated heterocycles. The molecular formula is C24H25Cl2N3O2. The topological polar surface area (TPSA) is 75.4 Å². The smallest absolute Gasteiger partial charge is 0.224 e. The summed E-state index contributed by atoms with van der Waals surface area (Å²) in [6, 6.07) is 10.2. The number of carbonyl (C=O) groups excluding carboxylic acids is 2. The number of anilines is 2. The number of amides is 1. The van der Waals surface area contributed by atoms with E-state index in [0.29, 0.717) is 46.3 Å². The van der Waals surface area contributed by atoms with Crippen molar-refractivity contribution in [2.45, 2.75) is 46.2 Å². The van der Waals surface area contributed by atoms with E-state index >= 15 is 0 Å². The highest BCUT2D eigenvalue weighted by atomic mass is 35.5. The summed E-state index contributed by atoms with van der Waals surface area (Å²) in [5.41, 5.74) is 10.1. The highest BCUT2D eigenvalue weighted by molar-refractivity contribution is 6.35. The predicted octanol–water partition coefficient (Wildman–Crippen LogP) is 5.62. The summed E-state index contributed by atoms with van der Waals surface area (Å²) in [6.45, 7) is 6.02. The van der Waals surface area contributed by atoms with E-state index in [2.05, 4.69) is 19.2 Å². The molecule has 2 aromatic rings. The fourth-order valence-corrected chi connectivity index (χ4v) is 5.10. The van der Waals surface area contributed by atoms with Crippen molar-refractivity contribution in [3.8, 4) is 0 Å². The fourth-order valence-electron chi connectivity index (χ4n) is 4.58. The monoisotopic (exact) mass is 457 g/mol. The first-order chi connectivity index (χ1) is 14.6. The second-order valence-electron chi connectivity index (χ2n) is 8.97. The number of ketones is 1. The van der Waals surface area contributed by atoms with Gasteiger partial charge in [-0.2, -0.15) is 0 Å². The van der Waals surface area contributed by atoms with Gasteiger partial charge >= 0.3 is 0 Å². The number of nitrogens with zero attached hydrogens (tertiary/aromatic N) is 1. The van der Waals surface area contributed by atoms with E-state index in [9.17, 15) is 9.59 Å². The van der Waals surface area contributed by atoms with Crippen LogP contribution in [0.25, 0.3) is 0 Å². The van der Waals surface area contributed by atoms with Crippen LogP contribution < -0.4 is 16.0 Å². The minimum atomic E-state index is -0.654. The number of halogens is 2. The maximum absolute atomic E-state index is 13.5. The molecule has 0 fully saturated rings. The zero-order chi connectivity index (χ0) is 22.5. The Morgan fingerprint density at radius 1 is 1.19 bits per heavy atom. The first kappa shape index (κ1) is 21.9. The van der Waals surface area contributed by atoms with E-state index in [4.69, 9.17) is 28.9 Å². The van der Waals surface area contributed by atoms with Gasteiger partial charge in [-0.15, -0.1) is 0 Å². The summed E-state index contributed by atoms with van der Waals surface area (Å²) in [6.07, 6.45) is 1.07. The van der Waals surface area contributed by atoms with E-state index in [1.165, 1.54) is 6.92 Å². The number of rotatable bonds is 2. The average molecular weight is 458 g/mol. The Kier molecular flexibility index (Phi) is 5.63. The second-order valence-corrected chi connectivity index (χ2v) is 9.81. The zero-order valence-corrected chi connectivity index (χ0v) is 19.3. The van der Waals surface area contributed by atoms with Crippen LogP contribution in [0.5, 0.6) is 0 Å². The summed E-state index contributed by atoms with van der Waals surface area (Å²) in [5.74, 6) is -0.182. The summed E-state index contributed by atoms with van der Waals surface area (Å²) in [7, 11) is 0. The third-order valence-electron chi connectivity index (χ3n) is 5.89. The number of hydrogen-bond donors (Lipinski definition) is 2. The normalized spacial score (nSPS) is 20.0. The van der Waals surface area contributed by atoms with Crippen LogP contribution >= 0.6 is 23.2 Å². The molecular weight excluding hydrogens is 433 g/mol. The first-order valence-corrected chi connectivity index (χ1v) is 11.0. The Labute approximate surface area is 192 Å². The molecule has 31 heavy (non-hydrogen) atoms. The molecule has 0 bridgehead atoms. The van der Waals surface area contributed by atoms with Crippen LogP contribution in [0.3, 0.4) is 0 Å². The van der Waals surface area contributed by atoms with Crippen molar-refractivity contribution in [3.63, 3.8) is 0 Å².